The van der Waals surface area contributed by atoms with Crippen LogP contribution in [0.3, 0.4) is 0 Å². The van der Waals surface area contributed by atoms with Gasteiger partial charge in [-0.25, -0.2) is 0 Å². The summed E-state index contributed by atoms with van der Waals surface area (Å²) in [5.74, 6) is 0.823. The Morgan fingerprint density at radius 3 is 3.00 bits per heavy atom. The Bertz CT molecular complexity index is 420. The fourth-order valence-corrected chi connectivity index (χ4v) is 1.35. The second-order valence-corrected chi connectivity index (χ2v) is 2.83. The van der Waals surface area contributed by atoms with Crippen molar-refractivity contribution in [2.45, 2.75) is 6.54 Å². The molecule has 0 unspecified atom stereocenters. The minimum Gasteiger partial charge on any atom is -0.497 e. The third-order valence-electron chi connectivity index (χ3n) is 2.08. The molecule has 2 rings (SSSR count). The topological polar surface area (TPSA) is 48.4 Å². The van der Waals surface area contributed by atoms with E-state index < -0.39 is 0 Å². The summed E-state index contributed by atoms with van der Waals surface area (Å²) in [7, 11) is 1.64. The first-order valence-corrected chi connectivity index (χ1v) is 4.09. The minimum atomic E-state index is 0.486. The van der Waals surface area contributed by atoms with Crippen LogP contribution in [-0.2, 0) is 6.54 Å². The zero-order chi connectivity index (χ0) is 9.26. The molecule has 0 saturated heterocycles. The largest absolute Gasteiger partial charge is 0.497 e. The molecule has 1 aromatic carbocycles. The van der Waals surface area contributed by atoms with Gasteiger partial charge in [0.2, 0.25) is 0 Å². The summed E-state index contributed by atoms with van der Waals surface area (Å²) in [6.45, 7) is 0.486. The van der Waals surface area contributed by atoms with Gasteiger partial charge in [0.25, 0.3) is 0 Å². The number of nitrogens with two attached hydrogens (primary N) is 1. The van der Waals surface area contributed by atoms with Crippen molar-refractivity contribution >= 4 is 11.0 Å². The first kappa shape index (κ1) is 8.13. The molecule has 0 amide bonds. The van der Waals surface area contributed by atoms with Gasteiger partial charge in [-0.15, -0.1) is 0 Å². The lowest BCUT2D eigenvalue weighted by atomic mass is 10.2. The van der Waals surface area contributed by atoms with E-state index in [2.05, 4.69) is 0 Å². The molecule has 13 heavy (non-hydrogen) atoms. The molecule has 0 radical (unpaired) electrons. The summed E-state index contributed by atoms with van der Waals surface area (Å²) in [6, 6.07) is 5.68. The summed E-state index contributed by atoms with van der Waals surface area (Å²) in [5, 5.41) is 1.03. The Kier molecular flexibility index (Phi) is 1.94. The molecule has 0 aliphatic carbocycles. The maximum absolute atomic E-state index is 5.55. The number of hydrogen-bond donors (Lipinski definition) is 1. The Morgan fingerprint density at radius 2 is 2.31 bits per heavy atom. The molecule has 0 fully saturated rings. The summed E-state index contributed by atoms with van der Waals surface area (Å²) in [4.78, 5) is 0. The first-order chi connectivity index (χ1) is 6.35. The monoisotopic (exact) mass is 177 g/mol. The summed E-state index contributed by atoms with van der Waals surface area (Å²) < 4.78 is 10.4. The van der Waals surface area contributed by atoms with Gasteiger partial charge in [-0.3, -0.25) is 0 Å². The molecule has 0 atom stereocenters. The quantitative estimate of drug-likeness (QED) is 0.762. The summed E-state index contributed by atoms with van der Waals surface area (Å²) >= 11 is 0. The van der Waals surface area contributed by atoms with E-state index in [1.807, 2.05) is 18.2 Å². The van der Waals surface area contributed by atoms with Crippen LogP contribution in [-0.4, -0.2) is 7.11 Å². The SMILES string of the molecule is COc1ccc2occ(CN)c2c1. The Labute approximate surface area is 76.1 Å². The van der Waals surface area contributed by atoms with Gasteiger partial charge >= 0.3 is 0 Å². The zero-order valence-corrected chi connectivity index (χ0v) is 7.41. The molecule has 68 valence electrons. The fourth-order valence-electron chi connectivity index (χ4n) is 1.35. The molecule has 2 N–H and O–H groups in total. The van der Waals surface area contributed by atoms with Crippen molar-refractivity contribution in [2.75, 3.05) is 7.11 Å². The van der Waals surface area contributed by atoms with Crippen molar-refractivity contribution in [3.63, 3.8) is 0 Å². The summed E-state index contributed by atoms with van der Waals surface area (Å²) in [6.07, 6.45) is 1.68. The lowest BCUT2D eigenvalue weighted by molar-refractivity contribution is 0.415. The predicted octanol–water partition coefficient (Wildman–Crippen LogP) is 1.90. The number of ether oxygens (including phenoxy) is 1. The van der Waals surface area contributed by atoms with Crippen LogP contribution in [0.2, 0.25) is 0 Å². The molecular formula is C10H11NO2. The van der Waals surface area contributed by atoms with Crippen molar-refractivity contribution in [2.24, 2.45) is 5.73 Å². The first-order valence-electron chi connectivity index (χ1n) is 4.09. The van der Waals surface area contributed by atoms with Gasteiger partial charge in [0, 0.05) is 17.5 Å². The smallest absolute Gasteiger partial charge is 0.134 e. The molecule has 0 bridgehead atoms. The van der Waals surface area contributed by atoms with Gasteiger partial charge in [-0.05, 0) is 18.2 Å². The molecule has 3 nitrogen and oxygen atoms in total. The van der Waals surface area contributed by atoms with E-state index in [0.717, 1.165) is 22.3 Å². The normalized spacial score (nSPS) is 10.6. The number of furan rings is 1. The Morgan fingerprint density at radius 1 is 1.46 bits per heavy atom. The van der Waals surface area contributed by atoms with Crippen molar-refractivity contribution < 1.29 is 9.15 Å². The molecule has 0 aliphatic heterocycles. The van der Waals surface area contributed by atoms with E-state index >= 15 is 0 Å². The van der Waals surface area contributed by atoms with Crippen LogP contribution in [0.5, 0.6) is 5.75 Å². The highest BCUT2D eigenvalue weighted by atomic mass is 16.5. The number of fused-ring (bicyclic) bond motifs is 1. The Hall–Kier alpha value is -1.48. The highest BCUT2D eigenvalue weighted by Gasteiger charge is 2.04. The van der Waals surface area contributed by atoms with Gasteiger partial charge in [0.15, 0.2) is 0 Å². The molecule has 2 aromatic rings. The van der Waals surface area contributed by atoms with Gasteiger partial charge in [0.1, 0.15) is 11.3 Å². The molecule has 0 saturated carbocycles. The lowest BCUT2D eigenvalue weighted by Gasteiger charge is -1.98. The number of benzene rings is 1. The lowest BCUT2D eigenvalue weighted by Crippen LogP contribution is -1.94. The molecule has 1 heterocycles. The number of hydrogen-bond acceptors (Lipinski definition) is 3. The van der Waals surface area contributed by atoms with Crippen LogP contribution in [0.1, 0.15) is 5.56 Å². The van der Waals surface area contributed by atoms with E-state index in [4.69, 9.17) is 14.9 Å². The standard InChI is InChI=1S/C10H11NO2/c1-12-8-2-3-10-9(4-8)7(5-11)6-13-10/h2-4,6H,5,11H2,1H3. The second-order valence-electron chi connectivity index (χ2n) is 2.83. The predicted molar refractivity (Wildman–Crippen MR) is 50.7 cm³/mol. The van der Waals surface area contributed by atoms with E-state index in [-0.39, 0.29) is 0 Å². The van der Waals surface area contributed by atoms with Crippen LogP contribution in [0.4, 0.5) is 0 Å². The van der Waals surface area contributed by atoms with Gasteiger partial charge in [0.05, 0.1) is 13.4 Å². The number of rotatable bonds is 2. The third kappa shape index (κ3) is 1.27. The molecular weight excluding hydrogens is 166 g/mol. The van der Waals surface area contributed by atoms with Gasteiger partial charge < -0.3 is 14.9 Å². The van der Waals surface area contributed by atoms with Gasteiger partial charge in [-0.2, -0.15) is 0 Å². The fraction of sp³-hybridized carbons (Fsp3) is 0.200. The Balaban J connectivity index is 2.64. The average Bonchev–Trinajstić information content (AvgIpc) is 2.59. The average molecular weight is 177 g/mol. The second kappa shape index (κ2) is 3.11. The molecule has 0 spiro atoms. The van der Waals surface area contributed by atoms with E-state index in [1.165, 1.54) is 0 Å². The minimum absolute atomic E-state index is 0.486. The maximum atomic E-state index is 5.55. The highest BCUT2D eigenvalue weighted by Crippen LogP contribution is 2.25. The van der Waals surface area contributed by atoms with Crippen LogP contribution >= 0.6 is 0 Å². The molecule has 3 heteroatoms. The molecule has 0 aliphatic rings. The maximum Gasteiger partial charge on any atom is 0.134 e. The van der Waals surface area contributed by atoms with Crippen molar-refractivity contribution in [3.05, 3.63) is 30.0 Å². The van der Waals surface area contributed by atoms with Crippen LogP contribution in [0.15, 0.2) is 28.9 Å². The highest BCUT2D eigenvalue weighted by molar-refractivity contribution is 5.82. The van der Waals surface area contributed by atoms with E-state index in [0.29, 0.717) is 6.54 Å². The zero-order valence-electron chi connectivity index (χ0n) is 7.41. The summed E-state index contributed by atoms with van der Waals surface area (Å²) in [5.41, 5.74) is 7.41. The van der Waals surface area contributed by atoms with Crippen LogP contribution in [0, 0.1) is 0 Å². The van der Waals surface area contributed by atoms with Crippen LogP contribution < -0.4 is 10.5 Å². The molecule has 1 aromatic heterocycles. The van der Waals surface area contributed by atoms with E-state index in [9.17, 15) is 0 Å². The third-order valence-corrected chi connectivity index (χ3v) is 2.08. The van der Waals surface area contributed by atoms with E-state index in [1.54, 1.807) is 13.4 Å². The van der Waals surface area contributed by atoms with Crippen molar-refractivity contribution in [1.29, 1.82) is 0 Å². The van der Waals surface area contributed by atoms with Crippen LogP contribution in [0.25, 0.3) is 11.0 Å². The number of methoxy groups -OCH3 is 1. The van der Waals surface area contributed by atoms with Gasteiger partial charge in [-0.1, -0.05) is 0 Å². The van der Waals surface area contributed by atoms with Crippen molar-refractivity contribution in [1.82, 2.24) is 0 Å². The van der Waals surface area contributed by atoms with Crippen molar-refractivity contribution in [3.8, 4) is 5.75 Å².